The fraction of sp³-hybridized carbons (Fsp3) is 0.529. The van der Waals surface area contributed by atoms with E-state index in [0.29, 0.717) is 18.6 Å². The van der Waals surface area contributed by atoms with Gasteiger partial charge in [0.2, 0.25) is 0 Å². The number of amides is 1. The van der Waals surface area contributed by atoms with E-state index in [0.717, 1.165) is 31.6 Å². The van der Waals surface area contributed by atoms with Crippen molar-refractivity contribution in [3.63, 3.8) is 0 Å². The first-order valence-corrected chi connectivity index (χ1v) is 9.27. The lowest BCUT2D eigenvalue weighted by molar-refractivity contribution is 0.0372. The van der Waals surface area contributed by atoms with Crippen molar-refractivity contribution < 1.29 is 9.53 Å². The number of nitrogens with zero attached hydrogens (tertiary/aromatic N) is 3. The van der Waals surface area contributed by atoms with Gasteiger partial charge in [0.25, 0.3) is 5.91 Å². The Morgan fingerprint density at radius 1 is 1.50 bits per heavy atom. The normalized spacial score (nSPS) is 26.6. The van der Waals surface area contributed by atoms with Crippen molar-refractivity contribution in [3.05, 3.63) is 40.3 Å². The Balaban J connectivity index is 1.23. The van der Waals surface area contributed by atoms with Crippen LogP contribution in [0.5, 0.6) is 0 Å². The zero-order chi connectivity index (χ0) is 16.5. The van der Waals surface area contributed by atoms with E-state index in [-0.39, 0.29) is 12.0 Å². The van der Waals surface area contributed by atoms with Crippen molar-refractivity contribution in [1.29, 1.82) is 0 Å². The summed E-state index contributed by atoms with van der Waals surface area (Å²) in [4.78, 5) is 14.4. The van der Waals surface area contributed by atoms with Crippen molar-refractivity contribution in [3.8, 4) is 0 Å². The van der Waals surface area contributed by atoms with Crippen LogP contribution in [0.15, 0.2) is 29.2 Å². The van der Waals surface area contributed by atoms with Crippen LogP contribution in [0.3, 0.4) is 0 Å². The minimum atomic E-state index is -0.00452. The smallest absolute Gasteiger partial charge is 0.252 e. The van der Waals surface area contributed by atoms with Crippen LogP contribution in [-0.2, 0) is 18.3 Å². The quantitative estimate of drug-likeness (QED) is 0.891. The fourth-order valence-corrected chi connectivity index (χ4v) is 4.36. The molecular weight excluding hydrogens is 324 g/mol. The number of ether oxygens (including phenoxy) is 1. The first-order chi connectivity index (χ1) is 11.7. The Morgan fingerprint density at radius 2 is 2.42 bits per heavy atom. The number of nitrogens with one attached hydrogen (secondary N) is 1. The highest BCUT2D eigenvalue weighted by Crippen LogP contribution is 2.33. The van der Waals surface area contributed by atoms with E-state index in [4.69, 9.17) is 4.74 Å². The van der Waals surface area contributed by atoms with Crippen molar-refractivity contribution >= 4 is 17.2 Å². The number of thiophene rings is 1. The van der Waals surface area contributed by atoms with Gasteiger partial charge in [0.05, 0.1) is 18.4 Å². The topological polar surface area (TPSA) is 59.4 Å². The van der Waals surface area contributed by atoms with Gasteiger partial charge in [-0.2, -0.15) is 16.4 Å². The molecule has 7 heteroatoms. The summed E-state index contributed by atoms with van der Waals surface area (Å²) in [6.45, 7) is 3.57. The molecule has 1 N–H and O–H groups in total. The Hall–Kier alpha value is -1.70. The number of hydrogen-bond acceptors (Lipinski definition) is 5. The molecule has 4 rings (SSSR count). The summed E-state index contributed by atoms with van der Waals surface area (Å²) < 4.78 is 7.99. The SMILES string of the molecule is Cn1cc(CN2C[C@@H]3C[C@@H](CNC(=O)c4ccsc4)O[C@@H]3C2)cn1. The summed E-state index contributed by atoms with van der Waals surface area (Å²) in [5, 5.41) is 11.0. The lowest BCUT2D eigenvalue weighted by Gasteiger charge is -2.18. The van der Waals surface area contributed by atoms with Gasteiger partial charge in [0.15, 0.2) is 0 Å². The second-order valence-electron chi connectivity index (χ2n) is 6.73. The summed E-state index contributed by atoms with van der Waals surface area (Å²) in [5.41, 5.74) is 1.98. The minimum absolute atomic E-state index is 0.00452. The summed E-state index contributed by atoms with van der Waals surface area (Å²) in [6, 6.07) is 1.85. The van der Waals surface area contributed by atoms with Gasteiger partial charge in [0.1, 0.15) is 0 Å². The van der Waals surface area contributed by atoms with Crippen LogP contribution in [0.2, 0.25) is 0 Å². The molecule has 2 aromatic heterocycles. The zero-order valence-corrected chi connectivity index (χ0v) is 14.5. The molecule has 6 nitrogen and oxygen atoms in total. The van der Waals surface area contributed by atoms with Gasteiger partial charge in [-0.3, -0.25) is 14.4 Å². The number of aryl methyl sites for hydroxylation is 1. The number of carbonyl (C=O) groups is 1. The Kier molecular flexibility index (Phi) is 4.39. The zero-order valence-electron chi connectivity index (χ0n) is 13.7. The first kappa shape index (κ1) is 15.8. The van der Waals surface area contributed by atoms with Gasteiger partial charge < -0.3 is 10.1 Å². The average Bonchev–Trinajstić information content (AvgIpc) is 3.29. The van der Waals surface area contributed by atoms with E-state index in [1.807, 2.05) is 34.8 Å². The third kappa shape index (κ3) is 3.38. The van der Waals surface area contributed by atoms with Gasteiger partial charge in [-0.15, -0.1) is 0 Å². The molecule has 0 radical (unpaired) electrons. The minimum Gasteiger partial charge on any atom is -0.371 e. The van der Waals surface area contributed by atoms with Crippen molar-refractivity contribution in [2.75, 3.05) is 19.6 Å². The number of aromatic nitrogens is 2. The third-order valence-electron chi connectivity index (χ3n) is 4.83. The highest BCUT2D eigenvalue weighted by atomic mass is 32.1. The van der Waals surface area contributed by atoms with Gasteiger partial charge in [-0.25, -0.2) is 0 Å². The van der Waals surface area contributed by atoms with E-state index < -0.39 is 0 Å². The molecular formula is C17H22N4O2S. The molecule has 0 saturated carbocycles. The molecule has 2 saturated heterocycles. The number of likely N-dealkylation sites (tertiary alicyclic amines) is 1. The first-order valence-electron chi connectivity index (χ1n) is 8.33. The van der Waals surface area contributed by atoms with Crippen LogP contribution >= 0.6 is 11.3 Å². The van der Waals surface area contributed by atoms with Crippen LogP contribution in [0.4, 0.5) is 0 Å². The highest BCUT2D eigenvalue weighted by Gasteiger charge is 2.41. The van der Waals surface area contributed by atoms with Gasteiger partial charge in [-0.1, -0.05) is 0 Å². The maximum Gasteiger partial charge on any atom is 0.252 e. The number of carbonyl (C=O) groups excluding carboxylic acids is 1. The van der Waals surface area contributed by atoms with Gasteiger partial charge in [-0.05, 0) is 17.9 Å². The van der Waals surface area contributed by atoms with E-state index >= 15 is 0 Å². The molecule has 0 bridgehead atoms. The van der Waals surface area contributed by atoms with Crippen LogP contribution in [-0.4, -0.2) is 52.4 Å². The third-order valence-corrected chi connectivity index (χ3v) is 5.51. The van der Waals surface area contributed by atoms with Crippen LogP contribution in [0.1, 0.15) is 22.3 Å². The maximum absolute atomic E-state index is 12.0. The van der Waals surface area contributed by atoms with Crippen LogP contribution < -0.4 is 5.32 Å². The van der Waals surface area contributed by atoms with Gasteiger partial charge >= 0.3 is 0 Å². The van der Waals surface area contributed by atoms with Gasteiger partial charge in [0, 0.05) is 61.8 Å². The molecule has 0 aromatic carbocycles. The highest BCUT2D eigenvalue weighted by molar-refractivity contribution is 7.08. The Labute approximate surface area is 145 Å². The Morgan fingerprint density at radius 3 is 3.12 bits per heavy atom. The number of fused-ring (bicyclic) bond motifs is 1. The predicted octanol–water partition coefficient (Wildman–Crippen LogP) is 1.50. The molecule has 0 spiro atoms. The summed E-state index contributed by atoms with van der Waals surface area (Å²) in [5.74, 6) is 0.569. The summed E-state index contributed by atoms with van der Waals surface area (Å²) in [6.07, 6.45) is 5.46. The molecule has 2 aromatic rings. The van der Waals surface area contributed by atoms with Crippen LogP contribution in [0.25, 0.3) is 0 Å². The number of rotatable bonds is 5. The molecule has 4 heterocycles. The molecule has 0 aliphatic carbocycles. The summed E-state index contributed by atoms with van der Waals surface area (Å²) >= 11 is 1.54. The van der Waals surface area contributed by atoms with E-state index in [9.17, 15) is 4.79 Å². The lowest BCUT2D eigenvalue weighted by Crippen LogP contribution is -2.33. The van der Waals surface area contributed by atoms with E-state index in [2.05, 4.69) is 21.5 Å². The maximum atomic E-state index is 12.0. The Bertz CT molecular complexity index is 685. The monoisotopic (exact) mass is 346 g/mol. The predicted molar refractivity (Wildman–Crippen MR) is 91.9 cm³/mol. The molecule has 0 unspecified atom stereocenters. The summed E-state index contributed by atoms with van der Waals surface area (Å²) in [7, 11) is 1.94. The molecule has 2 aliphatic rings. The second kappa shape index (κ2) is 6.66. The molecule has 2 aliphatic heterocycles. The second-order valence-corrected chi connectivity index (χ2v) is 7.51. The van der Waals surface area contributed by atoms with Crippen molar-refractivity contribution in [2.45, 2.75) is 25.2 Å². The van der Waals surface area contributed by atoms with E-state index in [1.54, 1.807) is 0 Å². The number of hydrogen-bond donors (Lipinski definition) is 1. The molecule has 128 valence electrons. The molecule has 24 heavy (non-hydrogen) atoms. The molecule has 3 atom stereocenters. The molecule has 2 fully saturated rings. The standard InChI is InChI=1S/C17H22N4O2S/c1-20-7-12(5-19-20)8-21-9-14-4-15(23-16(14)10-21)6-18-17(22)13-2-3-24-11-13/h2-3,5,7,11,14-16H,4,6,8-10H2,1H3,(H,18,22)/t14-,15-,16+/m0/s1. The largest absolute Gasteiger partial charge is 0.371 e. The van der Waals surface area contributed by atoms with Crippen LogP contribution in [0, 0.1) is 5.92 Å². The lowest BCUT2D eigenvalue weighted by atomic mass is 10.0. The van der Waals surface area contributed by atoms with Crippen molar-refractivity contribution in [2.24, 2.45) is 13.0 Å². The van der Waals surface area contributed by atoms with Crippen molar-refractivity contribution in [1.82, 2.24) is 20.0 Å². The molecule has 1 amide bonds. The average molecular weight is 346 g/mol. The van der Waals surface area contributed by atoms with E-state index in [1.165, 1.54) is 16.9 Å². The fourth-order valence-electron chi connectivity index (χ4n) is 3.72.